The molecule has 4 rings (SSSR count). The summed E-state index contributed by atoms with van der Waals surface area (Å²) < 4.78 is 0. The molecule has 3 heterocycles. The highest BCUT2D eigenvalue weighted by Crippen LogP contribution is 2.38. The van der Waals surface area contributed by atoms with Crippen molar-refractivity contribution < 1.29 is 9.59 Å². The maximum atomic E-state index is 13.0. The molecule has 158 valence electrons. The van der Waals surface area contributed by atoms with Crippen molar-refractivity contribution in [2.75, 3.05) is 18.4 Å². The lowest BCUT2D eigenvalue weighted by molar-refractivity contribution is 0.0950. The van der Waals surface area contributed by atoms with E-state index in [2.05, 4.69) is 20.9 Å². The molecule has 2 amide bonds. The first-order chi connectivity index (χ1) is 13.2. The molecule has 3 N–H and O–H groups in total. The van der Waals surface area contributed by atoms with Crippen LogP contribution in [0.25, 0.3) is 0 Å². The standard InChI is InChI=1S/C20H24N4O2S.2ClH/c25-18(13-5-3-9-21-11-13)24-20-17(15-7-1-2-8-16(15)27-20)19(26)23-12-14-6-4-10-22-14;;/h3,5,9,11,14,22H,1-2,4,6-8,10,12H2,(H,23,26)(H,24,25);2*1H. The van der Waals surface area contributed by atoms with Crippen LogP contribution in [0.1, 0.15) is 56.8 Å². The maximum absolute atomic E-state index is 13.0. The van der Waals surface area contributed by atoms with Gasteiger partial charge in [-0.25, -0.2) is 0 Å². The van der Waals surface area contributed by atoms with E-state index >= 15 is 0 Å². The van der Waals surface area contributed by atoms with E-state index in [9.17, 15) is 9.59 Å². The van der Waals surface area contributed by atoms with Crippen molar-refractivity contribution in [2.24, 2.45) is 0 Å². The summed E-state index contributed by atoms with van der Waals surface area (Å²) in [7, 11) is 0. The molecule has 9 heteroatoms. The number of fused-ring (bicyclic) bond motifs is 1. The summed E-state index contributed by atoms with van der Waals surface area (Å²) in [6.45, 7) is 1.64. The number of thiophene rings is 1. The van der Waals surface area contributed by atoms with E-state index in [4.69, 9.17) is 0 Å². The molecule has 2 aromatic rings. The first-order valence-electron chi connectivity index (χ1n) is 9.60. The number of nitrogens with zero attached hydrogens (tertiary/aromatic N) is 1. The Hall–Kier alpha value is -1.67. The van der Waals surface area contributed by atoms with Crippen molar-refractivity contribution in [3.8, 4) is 0 Å². The van der Waals surface area contributed by atoms with Crippen LogP contribution >= 0.6 is 36.2 Å². The van der Waals surface area contributed by atoms with Crippen LogP contribution in [0.15, 0.2) is 24.5 Å². The molecular formula is C20H26Cl2N4O2S. The first-order valence-corrected chi connectivity index (χ1v) is 10.4. The number of rotatable bonds is 5. The van der Waals surface area contributed by atoms with Crippen LogP contribution in [0.3, 0.4) is 0 Å². The number of carbonyl (C=O) groups excluding carboxylic acids is 2. The Balaban J connectivity index is 0.00000150. The Kier molecular flexibility index (Phi) is 8.89. The summed E-state index contributed by atoms with van der Waals surface area (Å²) in [5, 5.41) is 10.1. The first kappa shape index (κ1) is 23.6. The molecule has 1 aliphatic carbocycles. The van der Waals surface area contributed by atoms with Crippen molar-refractivity contribution in [1.29, 1.82) is 0 Å². The van der Waals surface area contributed by atoms with Crippen LogP contribution in [0.5, 0.6) is 0 Å². The van der Waals surface area contributed by atoms with Crippen molar-refractivity contribution in [3.63, 3.8) is 0 Å². The molecule has 1 atom stereocenters. The van der Waals surface area contributed by atoms with Crippen molar-refractivity contribution in [2.45, 2.75) is 44.6 Å². The second kappa shape index (κ2) is 10.9. The zero-order valence-corrected chi connectivity index (χ0v) is 18.5. The summed E-state index contributed by atoms with van der Waals surface area (Å²) in [4.78, 5) is 30.8. The molecule has 29 heavy (non-hydrogen) atoms. The van der Waals surface area contributed by atoms with Crippen LogP contribution < -0.4 is 16.0 Å². The average molecular weight is 457 g/mol. The smallest absolute Gasteiger partial charge is 0.257 e. The molecule has 0 radical (unpaired) electrons. The van der Waals surface area contributed by atoms with Gasteiger partial charge < -0.3 is 16.0 Å². The highest BCUT2D eigenvalue weighted by molar-refractivity contribution is 7.17. The second-order valence-electron chi connectivity index (χ2n) is 7.11. The van der Waals surface area contributed by atoms with Crippen molar-refractivity contribution in [3.05, 3.63) is 46.1 Å². The predicted octanol–water partition coefficient (Wildman–Crippen LogP) is 3.60. The minimum atomic E-state index is -0.229. The Morgan fingerprint density at radius 1 is 1.17 bits per heavy atom. The van der Waals surface area contributed by atoms with Gasteiger partial charge in [0.2, 0.25) is 0 Å². The number of halogens is 2. The molecule has 0 saturated carbocycles. The van der Waals surface area contributed by atoms with Gasteiger partial charge in [-0.2, -0.15) is 0 Å². The summed E-state index contributed by atoms with van der Waals surface area (Å²) >= 11 is 1.54. The molecule has 1 saturated heterocycles. The SMILES string of the molecule is Cl.Cl.O=C(Nc1sc2c(c1C(=O)NCC1CCCN1)CCCC2)c1cccnc1. The Bertz CT molecular complexity index is 839. The molecule has 6 nitrogen and oxygen atoms in total. The quantitative estimate of drug-likeness (QED) is 0.641. The van der Waals surface area contributed by atoms with E-state index in [1.54, 1.807) is 29.7 Å². The molecule has 1 fully saturated rings. The van der Waals surface area contributed by atoms with Crippen LogP contribution in [0, 0.1) is 0 Å². The number of anilines is 1. The summed E-state index contributed by atoms with van der Waals surface area (Å²) in [5.41, 5.74) is 2.26. The van der Waals surface area contributed by atoms with Crippen LogP contribution in [0.4, 0.5) is 5.00 Å². The van der Waals surface area contributed by atoms with Gasteiger partial charge in [-0.05, 0) is 62.8 Å². The van der Waals surface area contributed by atoms with Gasteiger partial charge in [-0.3, -0.25) is 14.6 Å². The Labute approximate surface area is 187 Å². The number of aryl methyl sites for hydroxylation is 1. The third kappa shape index (κ3) is 5.48. The third-order valence-corrected chi connectivity index (χ3v) is 6.43. The van der Waals surface area contributed by atoms with Crippen molar-refractivity contribution >= 4 is 53.0 Å². The van der Waals surface area contributed by atoms with Gasteiger partial charge in [0, 0.05) is 29.9 Å². The van der Waals surface area contributed by atoms with Crippen LogP contribution in [0.2, 0.25) is 0 Å². The lowest BCUT2D eigenvalue weighted by Crippen LogP contribution is -2.37. The van der Waals surface area contributed by atoms with Gasteiger partial charge in [0.15, 0.2) is 0 Å². The lowest BCUT2D eigenvalue weighted by atomic mass is 9.95. The molecule has 2 aliphatic rings. The van der Waals surface area contributed by atoms with Crippen molar-refractivity contribution in [1.82, 2.24) is 15.6 Å². The topological polar surface area (TPSA) is 83.1 Å². The number of amides is 2. The molecule has 1 unspecified atom stereocenters. The van der Waals surface area contributed by atoms with Gasteiger partial charge in [-0.15, -0.1) is 36.2 Å². The second-order valence-corrected chi connectivity index (χ2v) is 8.22. The molecule has 1 aliphatic heterocycles. The average Bonchev–Trinajstić information content (AvgIpc) is 3.34. The molecule has 0 spiro atoms. The van der Waals surface area contributed by atoms with Gasteiger partial charge >= 0.3 is 0 Å². The fourth-order valence-electron chi connectivity index (χ4n) is 3.80. The van der Waals surface area contributed by atoms with E-state index in [1.165, 1.54) is 11.1 Å². The Morgan fingerprint density at radius 3 is 2.72 bits per heavy atom. The van der Waals surface area contributed by atoms with E-state index in [0.29, 0.717) is 28.7 Å². The maximum Gasteiger partial charge on any atom is 0.257 e. The molecule has 2 aromatic heterocycles. The number of carbonyl (C=O) groups is 2. The summed E-state index contributed by atoms with van der Waals surface area (Å²) in [6.07, 6.45) is 9.52. The number of pyridine rings is 1. The zero-order valence-electron chi connectivity index (χ0n) is 16.0. The minimum Gasteiger partial charge on any atom is -0.350 e. The van der Waals surface area contributed by atoms with Gasteiger partial charge in [0.05, 0.1) is 11.1 Å². The predicted molar refractivity (Wildman–Crippen MR) is 121 cm³/mol. The highest BCUT2D eigenvalue weighted by atomic mass is 35.5. The Morgan fingerprint density at radius 2 is 2.00 bits per heavy atom. The van der Waals surface area contributed by atoms with E-state index < -0.39 is 0 Å². The van der Waals surface area contributed by atoms with Crippen LogP contribution in [-0.2, 0) is 12.8 Å². The summed E-state index contributed by atoms with van der Waals surface area (Å²) in [6, 6.07) is 3.80. The number of hydrogen-bond donors (Lipinski definition) is 3. The highest BCUT2D eigenvalue weighted by Gasteiger charge is 2.27. The number of hydrogen-bond acceptors (Lipinski definition) is 5. The monoisotopic (exact) mass is 456 g/mol. The fourth-order valence-corrected chi connectivity index (χ4v) is 5.08. The largest absolute Gasteiger partial charge is 0.350 e. The fraction of sp³-hybridized carbons (Fsp3) is 0.450. The third-order valence-electron chi connectivity index (χ3n) is 5.22. The number of nitrogens with one attached hydrogen (secondary N) is 3. The van der Waals surface area contributed by atoms with Crippen LogP contribution in [-0.4, -0.2) is 35.9 Å². The van der Waals surface area contributed by atoms with E-state index in [-0.39, 0.29) is 36.6 Å². The molecule has 0 bridgehead atoms. The molecule has 0 aromatic carbocycles. The van der Waals surface area contributed by atoms with Gasteiger partial charge in [-0.1, -0.05) is 0 Å². The minimum absolute atomic E-state index is 0. The number of aromatic nitrogens is 1. The zero-order chi connectivity index (χ0) is 18.6. The lowest BCUT2D eigenvalue weighted by Gasteiger charge is -2.15. The van der Waals surface area contributed by atoms with E-state index in [1.807, 2.05) is 0 Å². The summed E-state index contributed by atoms with van der Waals surface area (Å²) in [5.74, 6) is -0.308. The normalized spacial score (nSPS) is 17.4. The van der Waals surface area contributed by atoms with Gasteiger partial charge in [0.1, 0.15) is 5.00 Å². The molecular weight excluding hydrogens is 431 g/mol. The van der Waals surface area contributed by atoms with E-state index in [0.717, 1.165) is 50.6 Å². The van der Waals surface area contributed by atoms with Gasteiger partial charge in [0.25, 0.3) is 11.8 Å².